The highest BCUT2D eigenvalue weighted by molar-refractivity contribution is 6.33. The van der Waals surface area contributed by atoms with E-state index in [1.807, 2.05) is 0 Å². The Morgan fingerprint density at radius 1 is 1.14 bits per heavy atom. The Morgan fingerprint density at radius 3 is 2.34 bits per heavy atom. The highest BCUT2D eigenvalue weighted by Crippen LogP contribution is 2.30. The molecule has 0 aromatic carbocycles. The molecule has 0 aliphatic carbocycles. The Kier molecular flexibility index (Phi) is 5.92. The Balaban J connectivity index is 1.76. The van der Waals surface area contributed by atoms with E-state index in [-0.39, 0.29) is 22.4 Å². The molecule has 13 heteroatoms. The summed E-state index contributed by atoms with van der Waals surface area (Å²) in [5.41, 5.74) is -1.55. The summed E-state index contributed by atoms with van der Waals surface area (Å²) >= 11 is 6.04. The number of alkyl halides is 5. The summed E-state index contributed by atoms with van der Waals surface area (Å²) in [6.45, 7) is 1.79. The zero-order valence-electron chi connectivity index (χ0n) is 15.1. The first-order valence-electron chi connectivity index (χ1n) is 8.53. The molecule has 0 bridgehead atoms. The fraction of sp³-hybridized carbons (Fsp3) is 0.500. The van der Waals surface area contributed by atoms with Crippen molar-refractivity contribution in [3.8, 4) is 0 Å². The molecule has 3 rings (SSSR count). The van der Waals surface area contributed by atoms with E-state index in [0.717, 1.165) is 6.07 Å². The summed E-state index contributed by atoms with van der Waals surface area (Å²) < 4.78 is 64.5. The molecule has 0 unspecified atom stereocenters. The lowest BCUT2D eigenvalue weighted by Crippen LogP contribution is -2.47. The maximum absolute atomic E-state index is 13.0. The maximum atomic E-state index is 13.0. The fourth-order valence-electron chi connectivity index (χ4n) is 2.97. The summed E-state index contributed by atoms with van der Waals surface area (Å²) in [6, 6.07) is 0.892. The van der Waals surface area contributed by atoms with Crippen LogP contribution in [0.15, 0.2) is 17.1 Å². The Labute approximate surface area is 166 Å². The molecule has 0 saturated carbocycles. The second kappa shape index (κ2) is 8.09. The number of anilines is 2. The van der Waals surface area contributed by atoms with E-state index in [2.05, 4.69) is 15.1 Å². The topological polar surface area (TPSA) is 67.2 Å². The van der Waals surface area contributed by atoms with Gasteiger partial charge in [-0.1, -0.05) is 11.6 Å². The number of hydrogen-bond acceptors (Lipinski definition) is 6. The summed E-state index contributed by atoms with van der Waals surface area (Å²) in [5.74, 6) is 0.160. The quantitative estimate of drug-likeness (QED) is 0.684. The molecule has 0 radical (unpaired) electrons. The number of rotatable bonds is 4. The SMILES string of the molecule is Cc1nc(N2CCN(c3cnn(CC(F)F)c(=O)c3Cl)CC2)cc(C(F)(F)F)n1. The van der Waals surface area contributed by atoms with Crippen molar-refractivity contribution in [2.45, 2.75) is 26.1 Å². The molecule has 1 aliphatic heterocycles. The molecular weight excluding hydrogens is 423 g/mol. The molecule has 158 valence electrons. The van der Waals surface area contributed by atoms with Crippen molar-refractivity contribution in [2.75, 3.05) is 36.0 Å². The Morgan fingerprint density at radius 2 is 1.76 bits per heavy atom. The van der Waals surface area contributed by atoms with Crippen molar-refractivity contribution >= 4 is 23.1 Å². The summed E-state index contributed by atoms with van der Waals surface area (Å²) in [4.78, 5) is 23.0. The first kappa shape index (κ1) is 21.2. The molecule has 7 nitrogen and oxygen atoms in total. The van der Waals surface area contributed by atoms with Gasteiger partial charge in [-0.05, 0) is 6.92 Å². The fourth-order valence-corrected chi connectivity index (χ4v) is 3.24. The largest absolute Gasteiger partial charge is 0.433 e. The van der Waals surface area contributed by atoms with Crippen LogP contribution in [0.4, 0.5) is 33.5 Å². The van der Waals surface area contributed by atoms with Crippen molar-refractivity contribution in [2.24, 2.45) is 0 Å². The predicted molar refractivity (Wildman–Crippen MR) is 95.7 cm³/mol. The van der Waals surface area contributed by atoms with Crippen LogP contribution < -0.4 is 15.4 Å². The number of halogens is 6. The summed E-state index contributed by atoms with van der Waals surface area (Å²) in [5, 5.41) is 3.49. The lowest BCUT2D eigenvalue weighted by atomic mass is 10.2. The number of hydrogen-bond donors (Lipinski definition) is 0. The summed E-state index contributed by atoms with van der Waals surface area (Å²) in [7, 11) is 0. The molecule has 0 spiro atoms. The van der Waals surface area contributed by atoms with Crippen LogP contribution in [0.1, 0.15) is 11.5 Å². The average molecular weight is 439 g/mol. The molecular formula is C16H16ClF5N6O. The highest BCUT2D eigenvalue weighted by atomic mass is 35.5. The molecule has 1 saturated heterocycles. The zero-order chi connectivity index (χ0) is 21.3. The normalized spacial score (nSPS) is 15.3. The van der Waals surface area contributed by atoms with E-state index in [1.54, 1.807) is 9.80 Å². The van der Waals surface area contributed by atoms with Crippen molar-refractivity contribution in [1.82, 2.24) is 19.7 Å². The van der Waals surface area contributed by atoms with Gasteiger partial charge in [-0.25, -0.2) is 23.4 Å². The molecule has 2 aromatic heterocycles. The van der Waals surface area contributed by atoms with Gasteiger partial charge in [0.1, 0.15) is 28.9 Å². The van der Waals surface area contributed by atoms with E-state index in [0.29, 0.717) is 30.9 Å². The third-order valence-corrected chi connectivity index (χ3v) is 4.69. The van der Waals surface area contributed by atoms with Gasteiger partial charge in [0, 0.05) is 32.2 Å². The lowest BCUT2D eigenvalue weighted by Gasteiger charge is -2.37. The van der Waals surface area contributed by atoms with Crippen LogP contribution in [0.25, 0.3) is 0 Å². The van der Waals surface area contributed by atoms with Crippen LogP contribution in [-0.2, 0) is 12.7 Å². The van der Waals surface area contributed by atoms with Crippen LogP contribution in [-0.4, -0.2) is 52.4 Å². The Hall–Kier alpha value is -2.50. The molecule has 3 heterocycles. The van der Waals surface area contributed by atoms with Gasteiger partial charge in [0.25, 0.3) is 12.0 Å². The van der Waals surface area contributed by atoms with Crippen molar-refractivity contribution in [1.29, 1.82) is 0 Å². The molecule has 0 atom stereocenters. The number of piperazine rings is 1. The van der Waals surface area contributed by atoms with Gasteiger partial charge in [-0.3, -0.25) is 4.79 Å². The van der Waals surface area contributed by atoms with Crippen LogP contribution >= 0.6 is 11.6 Å². The van der Waals surface area contributed by atoms with Gasteiger partial charge in [0.15, 0.2) is 0 Å². The molecule has 1 aliphatic rings. The summed E-state index contributed by atoms with van der Waals surface area (Å²) in [6.07, 6.45) is -6.09. The van der Waals surface area contributed by atoms with E-state index >= 15 is 0 Å². The van der Waals surface area contributed by atoms with Crippen LogP contribution in [0.5, 0.6) is 0 Å². The lowest BCUT2D eigenvalue weighted by molar-refractivity contribution is -0.141. The minimum atomic E-state index is -4.58. The van der Waals surface area contributed by atoms with Gasteiger partial charge in [0.2, 0.25) is 0 Å². The van der Waals surface area contributed by atoms with Crippen molar-refractivity contribution < 1.29 is 22.0 Å². The third-order valence-electron chi connectivity index (χ3n) is 4.34. The van der Waals surface area contributed by atoms with E-state index in [4.69, 9.17) is 11.6 Å². The third kappa shape index (κ3) is 4.74. The maximum Gasteiger partial charge on any atom is 0.433 e. The minimum Gasteiger partial charge on any atom is -0.365 e. The number of aromatic nitrogens is 4. The molecule has 0 amide bonds. The molecule has 1 fully saturated rings. The van der Waals surface area contributed by atoms with Crippen molar-refractivity contribution in [3.63, 3.8) is 0 Å². The first-order chi connectivity index (χ1) is 13.6. The smallest absolute Gasteiger partial charge is 0.365 e. The van der Waals surface area contributed by atoms with Gasteiger partial charge >= 0.3 is 6.18 Å². The van der Waals surface area contributed by atoms with Gasteiger partial charge in [-0.2, -0.15) is 18.3 Å². The van der Waals surface area contributed by atoms with Crippen LogP contribution in [0.2, 0.25) is 5.02 Å². The second-order valence-electron chi connectivity index (χ2n) is 6.35. The van der Waals surface area contributed by atoms with Gasteiger partial charge in [0.05, 0.1) is 11.9 Å². The van der Waals surface area contributed by atoms with E-state index in [1.165, 1.54) is 13.1 Å². The first-order valence-corrected chi connectivity index (χ1v) is 8.90. The molecule has 2 aromatic rings. The van der Waals surface area contributed by atoms with Crippen molar-refractivity contribution in [3.05, 3.63) is 39.2 Å². The predicted octanol–water partition coefficient (Wildman–Crippen LogP) is 2.61. The van der Waals surface area contributed by atoms with E-state index < -0.39 is 30.4 Å². The minimum absolute atomic E-state index is 0.00661. The average Bonchev–Trinajstić information content (AvgIpc) is 2.64. The highest BCUT2D eigenvalue weighted by Gasteiger charge is 2.34. The second-order valence-corrected chi connectivity index (χ2v) is 6.73. The standard InChI is InChI=1S/C16H16ClF5N6O/c1-9-24-11(16(20,21)22)6-13(25-9)27-4-2-26(3-5-27)10-7-23-28(8-12(18)19)15(29)14(10)17/h6-7,12H,2-5,8H2,1H3. The Bertz CT molecular complexity index is 942. The molecule has 29 heavy (non-hydrogen) atoms. The van der Waals surface area contributed by atoms with Crippen LogP contribution in [0.3, 0.4) is 0 Å². The molecule has 0 N–H and O–H groups in total. The monoisotopic (exact) mass is 438 g/mol. The van der Waals surface area contributed by atoms with E-state index in [9.17, 15) is 26.7 Å². The van der Waals surface area contributed by atoms with Gasteiger partial charge < -0.3 is 9.80 Å². The van der Waals surface area contributed by atoms with Gasteiger partial charge in [-0.15, -0.1) is 0 Å². The van der Waals surface area contributed by atoms with Crippen LogP contribution in [0, 0.1) is 6.92 Å². The number of nitrogens with zero attached hydrogens (tertiary/aromatic N) is 6. The number of aryl methyl sites for hydroxylation is 1. The zero-order valence-corrected chi connectivity index (χ0v) is 15.9.